The molecule has 0 aromatic heterocycles. The van der Waals surface area contributed by atoms with Gasteiger partial charge in [-0.1, -0.05) is 78.8 Å². The summed E-state index contributed by atoms with van der Waals surface area (Å²) in [7, 11) is 0. The summed E-state index contributed by atoms with van der Waals surface area (Å²) >= 11 is 18.5. The van der Waals surface area contributed by atoms with Gasteiger partial charge in [-0.3, -0.25) is 10.1 Å². The molecule has 0 unspecified atom stereocenters. The van der Waals surface area contributed by atoms with Crippen LogP contribution in [0.15, 0.2) is 48.5 Å². The van der Waals surface area contributed by atoms with Crippen molar-refractivity contribution in [3.05, 3.63) is 54.1 Å². The summed E-state index contributed by atoms with van der Waals surface area (Å²) in [6, 6.07) is 15.4. The second kappa shape index (κ2) is 12.1. The van der Waals surface area contributed by atoms with Gasteiger partial charge >= 0.3 is 0 Å². The van der Waals surface area contributed by atoms with Crippen molar-refractivity contribution in [2.24, 2.45) is 0 Å². The van der Waals surface area contributed by atoms with Crippen LogP contribution < -0.4 is 15.0 Å². The van der Waals surface area contributed by atoms with Crippen LogP contribution in [0.1, 0.15) is 36.5 Å². The first kappa shape index (κ1) is 25.1. The zero-order valence-corrected chi connectivity index (χ0v) is 20.5. The molecule has 1 aliphatic heterocycles. The van der Waals surface area contributed by atoms with Crippen molar-refractivity contribution < 1.29 is 19.2 Å². The number of nitrogens with one attached hydrogen (secondary N) is 2. The highest BCUT2D eigenvalue weighted by Gasteiger charge is 2.42. The van der Waals surface area contributed by atoms with Gasteiger partial charge in [0, 0.05) is 5.56 Å². The number of hydrogen-bond donors (Lipinski definition) is 2. The maximum absolute atomic E-state index is 12.8. The molecule has 1 amide bonds. The van der Waals surface area contributed by atoms with E-state index in [4.69, 9.17) is 44.3 Å². The van der Waals surface area contributed by atoms with E-state index < -0.39 is 9.96 Å². The van der Waals surface area contributed by atoms with Crippen LogP contribution in [0.2, 0.25) is 0 Å². The normalized spacial score (nSPS) is 15.9. The molecule has 0 aliphatic carbocycles. The minimum Gasteiger partial charge on any atom is -0.494 e. The standard InChI is InChI=1S/C24H29Cl3N2O3/c1-2-3-4-15-32-21-11-9-19(10-12-21)18-5-7-20(8-6-18)22(30)28-23(24(25,26)27)29-13-16-31-17-14-29/h5-12,23H,2-4,13-17H2,1H3,(H,28,30)/p+1/t23-/m1/s1. The Labute approximate surface area is 204 Å². The van der Waals surface area contributed by atoms with Gasteiger partial charge in [0.15, 0.2) is 0 Å². The molecule has 1 atom stereocenters. The topological polar surface area (TPSA) is 52.0 Å². The van der Waals surface area contributed by atoms with Crippen molar-refractivity contribution in [3.63, 3.8) is 0 Å². The van der Waals surface area contributed by atoms with Crippen molar-refractivity contribution in [2.45, 2.75) is 36.1 Å². The molecule has 0 saturated carbocycles. The number of amides is 1. The Hall–Kier alpha value is -1.50. The predicted molar refractivity (Wildman–Crippen MR) is 130 cm³/mol. The van der Waals surface area contributed by atoms with E-state index in [1.165, 1.54) is 12.8 Å². The van der Waals surface area contributed by atoms with Gasteiger partial charge in [-0.15, -0.1) is 0 Å². The van der Waals surface area contributed by atoms with Crippen LogP contribution in [0.5, 0.6) is 5.75 Å². The van der Waals surface area contributed by atoms with Crippen molar-refractivity contribution in [1.29, 1.82) is 0 Å². The van der Waals surface area contributed by atoms with E-state index in [1.807, 2.05) is 36.4 Å². The Morgan fingerprint density at radius 2 is 1.62 bits per heavy atom. The van der Waals surface area contributed by atoms with Crippen LogP contribution in [-0.2, 0) is 4.74 Å². The third-order valence-electron chi connectivity index (χ3n) is 5.50. The molecule has 2 aromatic rings. The average Bonchev–Trinajstić information content (AvgIpc) is 2.80. The molecule has 174 valence electrons. The van der Waals surface area contributed by atoms with Crippen LogP contribution in [0.3, 0.4) is 0 Å². The predicted octanol–water partition coefficient (Wildman–Crippen LogP) is 4.26. The lowest BCUT2D eigenvalue weighted by Crippen LogP contribution is -3.21. The molecule has 1 aliphatic rings. The smallest absolute Gasteiger partial charge is 0.262 e. The van der Waals surface area contributed by atoms with Crippen molar-refractivity contribution in [1.82, 2.24) is 5.32 Å². The molecule has 3 rings (SSSR count). The summed E-state index contributed by atoms with van der Waals surface area (Å²) in [6.07, 6.45) is 2.76. The third kappa shape index (κ3) is 7.26. The summed E-state index contributed by atoms with van der Waals surface area (Å²) in [4.78, 5) is 13.8. The maximum atomic E-state index is 12.8. The fraction of sp³-hybridized carbons (Fsp3) is 0.458. The van der Waals surface area contributed by atoms with Crippen molar-refractivity contribution >= 4 is 40.7 Å². The van der Waals surface area contributed by atoms with E-state index in [9.17, 15) is 4.79 Å². The van der Waals surface area contributed by atoms with Gasteiger partial charge in [-0.05, 0) is 41.8 Å². The second-order valence-electron chi connectivity index (χ2n) is 7.88. The Bertz CT molecular complexity index is 848. The Morgan fingerprint density at radius 3 is 2.19 bits per heavy atom. The van der Waals surface area contributed by atoms with Gasteiger partial charge in [0.1, 0.15) is 18.8 Å². The largest absolute Gasteiger partial charge is 0.494 e. The summed E-state index contributed by atoms with van der Waals surface area (Å²) in [5, 5.41) is 2.89. The zero-order valence-electron chi connectivity index (χ0n) is 18.2. The number of halogens is 3. The number of ether oxygens (including phenoxy) is 2. The first-order valence-electron chi connectivity index (χ1n) is 11.0. The average molecular weight is 501 g/mol. The van der Waals surface area contributed by atoms with Crippen LogP contribution in [0.25, 0.3) is 11.1 Å². The quantitative estimate of drug-likeness (QED) is 0.399. The molecule has 1 heterocycles. The highest BCUT2D eigenvalue weighted by molar-refractivity contribution is 6.68. The Kier molecular flexibility index (Phi) is 9.50. The molecular formula is C24H30Cl3N2O3+. The molecule has 2 N–H and O–H groups in total. The number of hydrogen-bond acceptors (Lipinski definition) is 3. The van der Waals surface area contributed by atoms with E-state index in [0.29, 0.717) is 31.9 Å². The number of carbonyl (C=O) groups is 1. The zero-order chi connectivity index (χ0) is 23.0. The lowest BCUT2D eigenvalue weighted by molar-refractivity contribution is -0.934. The monoisotopic (exact) mass is 499 g/mol. The molecule has 0 radical (unpaired) electrons. The van der Waals surface area contributed by atoms with Gasteiger partial charge in [0.2, 0.25) is 6.17 Å². The van der Waals surface area contributed by atoms with Gasteiger partial charge in [0.25, 0.3) is 9.70 Å². The number of alkyl halides is 3. The summed E-state index contributed by atoms with van der Waals surface area (Å²) in [5.74, 6) is 0.590. The van der Waals surface area contributed by atoms with Gasteiger partial charge < -0.3 is 14.4 Å². The van der Waals surface area contributed by atoms with Crippen LogP contribution in [-0.4, -0.2) is 48.8 Å². The number of morpholine rings is 1. The minimum atomic E-state index is -1.62. The van der Waals surface area contributed by atoms with Crippen LogP contribution in [0, 0.1) is 0 Å². The van der Waals surface area contributed by atoms with E-state index in [-0.39, 0.29) is 5.91 Å². The first-order valence-corrected chi connectivity index (χ1v) is 12.1. The van der Waals surface area contributed by atoms with E-state index in [0.717, 1.165) is 34.8 Å². The summed E-state index contributed by atoms with van der Waals surface area (Å²) < 4.78 is 9.52. The van der Waals surface area contributed by atoms with Gasteiger partial charge in [0.05, 0.1) is 19.8 Å². The molecule has 0 spiro atoms. The highest BCUT2D eigenvalue weighted by Crippen LogP contribution is 2.28. The van der Waals surface area contributed by atoms with Gasteiger partial charge in [-0.2, -0.15) is 0 Å². The SMILES string of the molecule is CCCCCOc1ccc(-c2ccc(C(=O)N[C@H]([NH+]3CCOCC3)C(Cl)(Cl)Cl)cc2)cc1. The number of rotatable bonds is 9. The van der Waals surface area contributed by atoms with Crippen LogP contribution in [0.4, 0.5) is 0 Å². The molecule has 32 heavy (non-hydrogen) atoms. The van der Waals surface area contributed by atoms with Crippen LogP contribution >= 0.6 is 34.8 Å². The van der Waals surface area contributed by atoms with Gasteiger partial charge in [-0.25, -0.2) is 0 Å². The fourth-order valence-electron chi connectivity index (χ4n) is 3.65. The molecule has 1 fully saturated rings. The number of benzene rings is 2. The lowest BCUT2D eigenvalue weighted by atomic mass is 10.0. The minimum absolute atomic E-state index is 0.275. The molecule has 1 saturated heterocycles. The van der Waals surface area contributed by atoms with Crippen molar-refractivity contribution in [2.75, 3.05) is 32.9 Å². The van der Waals surface area contributed by atoms with Crippen molar-refractivity contribution in [3.8, 4) is 16.9 Å². The number of quaternary nitrogens is 1. The van der Waals surface area contributed by atoms with E-state index in [2.05, 4.69) is 12.2 Å². The highest BCUT2D eigenvalue weighted by atomic mass is 35.6. The lowest BCUT2D eigenvalue weighted by Gasteiger charge is -2.35. The maximum Gasteiger partial charge on any atom is 0.262 e. The molecule has 5 nitrogen and oxygen atoms in total. The first-order chi connectivity index (χ1) is 15.4. The van der Waals surface area contributed by atoms with E-state index in [1.54, 1.807) is 12.1 Å². The molecular weight excluding hydrogens is 471 g/mol. The summed E-state index contributed by atoms with van der Waals surface area (Å²) in [5.41, 5.74) is 2.57. The Morgan fingerprint density at radius 1 is 1.03 bits per heavy atom. The number of unbranched alkanes of at least 4 members (excludes halogenated alkanes) is 2. The molecule has 2 aromatic carbocycles. The Balaban J connectivity index is 1.62. The summed E-state index contributed by atoms with van der Waals surface area (Å²) in [6.45, 7) is 5.37. The fourth-order valence-corrected chi connectivity index (χ4v) is 4.28. The second-order valence-corrected chi connectivity index (χ2v) is 10.2. The number of carbonyl (C=O) groups excluding carboxylic acids is 1. The van der Waals surface area contributed by atoms with E-state index >= 15 is 0 Å². The molecule has 0 bridgehead atoms. The molecule has 8 heteroatoms. The third-order valence-corrected chi connectivity index (χ3v) is 6.15.